The normalized spacial score (nSPS) is 21.5. The molecule has 1 aliphatic carbocycles. The highest BCUT2D eigenvalue weighted by atomic mass is 35.5. The summed E-state index contributed by atoms with van der Waals surface area (Å²) in [7, 11) is 0. The SMILES string of the molecule is CC(=O)Nc1ccc2c(c1)C(CC1CC(c3ccc(Cl)cc3)=CCN1)CC2. The van der Waals surface area contributed by atoms with Gasteiger partial charge in [-0.15, -0.1) is 0 Å². The van der Waals surface area contributed by atoms with Gasteiger partial charge >= 0.3 is 0 Å². The number of hydrogen-bond donors (Lipinski definition) is 2. The fraction of sp³-hybridized carbons (Fsp3) is 0.348. The molecule has 0 bridgehead atoms. The van der Waals surface area contributed by atoms with Gasteiger partial charge in [-0.2, -0.15) is 0 Å². The Morgan fingerprint density at radius 1 is 1.22 bits per heavy atom. The van der Waals surface area contributed by atoms with E-state index in [0.29, 0.717) is 12.0 Å². The number of halogens is 1. The Bertz CT molecular complexity index is 872. The van der Waals surface area contributed by atoms with Crippen LogP contribution in [0, 0.1) is 0 Å². The first kappa shape index (κ1) is 18.3. The number of carbonyl (C=O) groups is 1. The first-order chi connectivity index (χ1) is 13.1. The minimum atomic E-state index is -0.0174. The number of anilines is 1. The molecule has 140 valence electrons. The molecule has 1 aliphatic heterocycles. The van der Waals surface area contributed by atoms with Crippen molar-refractivity contribution in [3.05, 3.63) is 70.3 Å². The molecule has 2 unspecified atom stereocenters. The average molecular weight is 381 g/mol. The number of benzene rings is 2. The maximum atomic E-state index is 11.4. The molecular weight excluding hydrogens is 356 g/mol. The molecule has 0 aromatic heterocycles. The van der Waals surface area contributed by atoms with Crippen LogP contribution in [0.25, 0.3) is 5.57 Å². The first-order valence-electron chi connectivity index (χ1n) is 9.67. The summed E-state index contributed by atoms with van der Waals surface area (Å²) >= 11 is 6.03. The molecule has 4 rings (SSSR count). The first-order valence-corrected chi connectivity index (χ1v) is 10.0. The third-order valence-electron chi connectivity index (χ3n) is 5.67. The van der Waals surface area contributed by atoms with Gasteiger partial charge in [-0.1, -0.05) is 35.9 Å². The summed E-state index contributed by atoms with van der Waals surface area (Å²) in [4.78, 5) is 11.4. The summed E-state index contributed by atoms with van der Waals surface area (Å²) in [5, 5.41) is 7.36. The van der Waals surface area contributed by atoms with Crippen molar-refractivity contribution in [1.29, 1.82) is 0 Å². The van der Waals surface area contributed by atoms with E-state index in [0.717, 1.165) is 36.5 Å². The number of nitrogens with one attached hydrogen (secondary N) is 2. The van der Waals surface area contributed by atoms with Crippen LogP contribution in [0.4, 0.5) is 5.69 Å². The zero-order chi connectivity index (χ0) is 18.8. The summed E-state index contributed by atoms with van der Waals surface area (Å²) < 4.78 is 0. The van der Waals surface area contributed by atoms with Gasteiger partial charge in [0, 0.05) is 30.2 Å². The van der Waals surface area contributed by atoms with E-state index in [9.17, 15) is 4.79 Å². The van der Waals surface area contributed by atoms with E-state index in [1.165, 1.54) is 28.7 Å². The van der Waals surface area contributed by atoms with Crippen molar-refractivity contribution in [2.75, 3.05) is 11.9 Å². The molecule has 2 aliphatic rings. The monoisotopic (exact) mass is 380 g/mol. The molecule has 0 spiro atoms. The highest BCUT2D eigenvalue weighted by Crippen LogP contribution is 2.39. The van der Waals surface area contributed by atoms with Crippen molar-refractivity contribution in [2.45, 2.75) is 44.6 Å². The van der Waals surface area contributed by atoms with Gasteiger partial charge in [-0.3, -0.25) is 4.79 Å². The molecule has 27 heavy (non-hydrogen) atoms. The van der Waals surface area contributed by atoms with E-state index in [1.807, 2.05) is 18.2 Å². The van der Waals surface area contributed by atoms with Gasteiger partial charge in [-0.25, -0.2) is 0 Å². The molecule has 0 saturated heterocycles. The fourth-order valence-corrected chi connectivity index (χ4v) is 4.52. The van der Waals surface area contributed by atoms with Crippen LogP contribution < -0.4 is 10.6 Å². The van der Waals surface area contributed by atoms with Crippen LogP contribution in [0.2, 0.25) is 5.02 Å². The third kappa shape index (κ3) is 4.26. The van der Waals surface area contributed by atoms with Gasteiger partial charge in [0.1, 0.15) is 0 Å². The van der Waals surface area contributed by atoms with E-state index >= 15 is 0 Å². The van der Waals surface area contributed by atoms with Gasteiger partial charge in [0.2, 0.25) is 5.91 Å². The molecule has 1 amide bonds. The van der Waals surface area contributed by atoms with Crippen molar-refractivity contribution in [2.24, 2.45) is 0 Å². The number of amides is 1. The van der Waals surface area contributed by atoms with Crippen LogP contribution in [0.1, 0.15) is 48.8 Å². The quantitative estimate of drug-likeness (QED) is 0.768. The Labute approximate surface area is 165 Å². The molecule has 3 nitrogen and oxygen atoms in total. The maximum Gasteiger partial charge on any atom is 0.221 e. The lowest BCUT2D eigenvalue weighted by molar-refractivity contribution is -0.114. The second-order valence-electron chi connectivity index (χ2n) is 7.61. The maximum absolute atomic E-state index is 11.4. The molecular formula is C23H25ClN2O. The number of fused-ring (bicyclic) bond motifs is 1. The summed E-state index contributed by atoms with van der Waals surface area (Å²) in [6.07, 6.45) is 6.78. The van der Waals surface area contributed by atoms with Crippen LogP contribution in [0.5, 0.6) is 0 Å². The Kier molecular flexibility index (Phi) is 5.33. The highest BCUT2D eigenvalue weighted by molar-refractivity contribution is 6.30. The van der Waals surface area contributed by atoms with Crippen LogP contribution >= 0.6 is 11.6 Å². The molecule has 2 aromatic carbocycles. The number of rotatable bonds is 4. The zero-order valence-corrected chi connectivity index (χ0v) is 16.4. The average Bonchev–Trinajstić information content (AvgIpc) is 3.04. The molecule has 4 heteroatoms. The summed E-state index contributed by atoms with van der Waals surface area (Å²) in [5.74, 6) is 0.534. The Morgan fingerprint density at radius 2 is 2.04 bits per heavy atom. The number of carbonyl (C=O) groups excluding carboxylic acids is 1. The number of hydrogen-bond acceptors (Lipinski definition) is 2. The largest absolute Gasteiger partial charge is 0.326 e. The van der Waals surface area contributed by atoms with Gasteiger partial charge in [0.05, 0.1) is 0 Å². The predicted octanol–water partition coefficient (Wildman–Crippen LogP) is 5.16. The van der Waals surface area contributed by atoms with E-state index in [2.05, 4.69) is 41.0 Å². The summed E-state index contributed by atoms with van der Waals surface area (Å²) in [6, 6.07) is 15.0. The van der Waals surface area contributed by atoms with Crippen LogP contribution in [-0.2, 0) is 11.2 Å². The lowest BCUT2D eigenvalue weighted by atomic mass is 9.87. The van der Waals surface area contributed by atoms with Gasteiger partial charge in [0.15, 0.2) is 0 Å². The lowest BCUT2D eigenvalue weighted by Crippen LogP contribution is -2.34. The van der Waals surface area contributed by atoms with Crippen LogP contribution in [0.3, 0.4) is 0 Å². The molecule has 0 fully saturated rings. The minimum absolute atomic E-state index is 0.0174. The Morgan fingerprint density at radius 3 is 2.81 bits per heavy atom. The number of aryl methyl sites for hydroxylation is 1. The predicted molar refractivity (Wildman–Crippen MR) is 112 cm³/mol. The van der Waals surface area contributed by atoms with E-state index in [-0.39, 0.29) is 5.91 Å². The lowest BCUT2D eigenvalue weighted by Gasteiger charge is -2.27. The summed E-state index contributed by atoms with van der Waals surface area (Å²) in [6.45, 7) is 2.47. The molecule has 2 aromatic rings. The molecule has 0 saturated carbocycles. The van der Waals surface area contributed by atoms with Gasteiger partial charge < -0.3 is 10.6 Å². The highest BCUT2D eigenvalue weighted by Gasteiger charge is 2.27. The Balaban J connectivity index is 1.46. The Hall–Kier alpha value is -2.10. The van der Waals surface area contributed by atoms with Crippen molar-refractivity contribution >= 4 is 28.8 Å². The van der Waals surface area contributed by atoms with E-state index in [4.69, 9.17) is 11.6 Å². The fourth-order valence-electron chi connectivity index (χ4n) is 4.39. The zero-order valence-electron chi connectivity index (χ0n) is 15.6. The van der Waals surface area contributed by atoms with Gasteiger partial charge in [-0.05, 0) is 78.1 Å². The molecule has 0 radical (unpaired) electrons. The topological polar surface area (TPSA) is 41.1 Å². The van der Waals surface area contributed by atoms with Gasteiger partial charge in [0.25, 0.3) is 0 Å². The second-order valence-corrected chi connectivity index (χ2v) is 8.05. The third-order valence-corrected chi connectivity index (χ3v) is 5.93. The molecule has 1 heterocycles. The van der Waals surface area contributed by atoms with E-state index in [1.54, 1.807) is 6.92 Å². The van der Waals surface area contributed by atoms with Crippen LogP contribution in [-0.4, -0.2) is 18.5 Å². The standard InChI is InChI=1S/C23H25ClN2O/c1-15(27)26-21-9-6-17-2-3-19(23(17)14-21)13-22-12-18(10-11-25-22)16-4-7-20(24)8-5-16/h4-10,14,19,22,25H,2-3,11-13H2,1H3,(H,26,27). The van der Waals surface area contributed by atoms with Crippen molar-refractivity contribution in [3.63, 3.8) is 0 Å². The van der Waals surface area contributed by atoms with Crippen molar-refractivity contribution in [1.82, 2.24) is 5.32 Å². The molecule has 2 atom stereocenters. The minimum Gasteiger partial charge on any atom is -0.326 e. The van der Waals surface area contributed by atoms with E-state index < -0.39 is 0 Å². The van der Waals surface area contributed by atoms with Crippen LogP contribution in [0.15, 0.2) is 48.5 Å². The summed E-state index contributed by atoms with van der Waals surface area (Å²) in [5.41, 5.74) is 6.42. The molecule has 2 N–H and O–H groups in total. The van der Waals surface area contributed by atoms with Crippen molar-refractivity contribution in [3.8, 4) is 0 Å². The second kappa shape index (κ2) is 7.87. The van der Waals surface area contributed by atoms with Crippen molar-refractivity contribution < 1.29 is 4.79 Å². The smallest absolute Gasteiger partial charge is 0.221 e.